The standard InChI is InChI=1S/C10H10N2/c1-7-4-11-5-9-6-12-8(2)3-10(7)9/h3-6H,1-2H3. The third-order valence-electron chi connectivity index (χ3n) is 1.98. The Morgan fingerprint density at radius 2 is 1.92 bits per heavy atom. The van der Waals surface area contributed by atoms with E-state index in [2.05, 4.69) is 23.0 Å². The van der Waals surface area contributed by atoms with Gasteiger partial charge >= 0.3 is 0 Å². The van der Waals surface area contributed by atoms with Crippen molar-refractivity contribution in [3.05, 3.63) is 35.9 Å². The van der Waals surface area contributed by atoms with Gasteiger partial charge in [-0.2, -0.15) is 0 Å². The van der Waals surface area contributed by atoms with Crippen molar-refractivity contribution < 1.29 is 0 Å². The number of rotatable bonds is 0. The van der Waals surface area contributed by atoms with Gasteiger partial charge in [0.25, 0.3) is 0 Å². The van der Waals surface area contributed by atoms with E-state index in [9.17, 15) is 0 Å². The molecule has 0 aromatic carbocycles. The summed E-state index contributed by atoms with van der Waals surface area (Å²) in [5.74, 6) is 0. The van der Waals surface area contributed by atoms with Crippen molar-refractivity contribution in [3.63, 3.8) is 0 Å². The Morgan fingerprint density at radius 1 is 1.08 bits per heavy atom. The fourth-order valence-corrected chi connectivity index (χ4v) is 1.31. The van der Waals surface area contributed by atoms with Crippen LogP contribution in [-0.4, -0.2) is 9.97 Å². The van der Waals surface area contributed by atoms with E-state index < -0.39 is 0 Å². The van der Waals surface area contributed by atoms with Crippen LogP contribution >= 0.6 is 0 Å². The van der Waals surface area contributed by atoms with Crippen LogP contribution in [0.15, 0.2) is 24.7 Å². The first-order valence-electron chi connectivity index (χ1n) is 3.94. The van der Waals surface area contributed by atoms with Crippen molar-refractivity contribution in [2.24, 2.45) is 0 Å². The van der Waals surface area contributed by atoms with Crippen LogP contribution in [0.25, 0.3) is 10.8 Å². The van der Waals surface area contributed by atoms with Crippen molar-refractivity contribution in [2.45, 2.75) is 13.8 Å². The Morgan fingerprint density at radius 3 is 2.75 bits per heavy atom. The van der Waals surface area contributed by atoms with E-state index in [1.54, 1.807) is 0 Å². The van der Waals surface area contributed by atoms with Gasteiger partial charge in [-0.25, -0.2) is 0 Å². The minimum atomic E-state index is 1.05. The highest BCUT2D eigenvalue weighted by molar-refractivity contribution is 5.83. The average Bonchev–Trinajstić information content (AvgIpc) is 2.07. The lowest BCUT2D eigenvalue weighted by Gasteiger charge is -2.00. The van der Waals surface area contributed by atoms with Crippen molar-refractivity contribution >= 4 is 10.8 Å². The second kappa shape index (κ2) is 2.55. The number of hydrogen-bond acceptors (Lipinski definition) is 2. The molecule has 0 spiro atoms. The monoisotopic (exact) mass is 158 g/mol. The summed E-state index contributed by atoms with van der Waals surface area (Å²) in [7, 11) is 0. The van der Waals surface area contributed by atoms with Crippen molar-refractivity contribution in [2.75, 3.05) is 0 Å². The lowest BCUT2D eigenvalue weighted by Crippen LogP contribution is -1.85. The van der Waals surface area contributed by atoms with Crippen LogP contribution in [0.5, 0.6) is 0 Å². The third-order valence-corrected chi connectivity index (χ3v) is 1.98. The molecule has 0 bridgehead atoms. The Balaban J connectivity index is 2.88. The van der Waals surface area contributed by atoms with Gasteiger partial charge in [-0.3, -0.25) is 9.97 Å². The second-order valence-electron chi connectivity index (χ2n) is 3.00. The topological polar surface area (TPSA) is 25.8 Å². The number of fused-ring (bicyclic) bond motifs is 1. The van der Waals surface area contributed by atoms with Gasteiger partial charge in [-0.15, -0.1) is 0 Å². The molecule has 0 unspecified atom stereocenters. The van der Waals surface area contributed by atoms with Gasteiger partial charge in [-0.1, -0.05) is 0 Å². The van der Waals surface area contributed by atoms with Crippen LogP contribution in [0.4, 0.5) is 0 Å². The molecule has 0 aliphatic carbocycles. The van der Waals surface area contributed by atoms with E-state index in [0.717, 1.165) is 11.1 Å². The predicted octanol–water partition coefficient (Wildman–Crippen LogP) is 2.25. The van der Waals surface area contributed by atoms with E-state index >= 15 is 0 Å². The predicted molar refractivity (Wildman–Crippen MR) is 49.0 cm³/mol. The SMILES string of the molecule is Cc1cc2c(C)cncc2cn1. The molecule has 0 N–H and O–H groups in total. The Labute approximate surface area is 71.3 Å². The largest absolute Gasteiger partial charge is 0.264 e. The lowest BCUT2D eigenvalue weighted by molar-refractivity contribution is 1.21. The maximum atomic E-state index is 4.21. The quantitative estimate of drug-likeness (QED) is 0.587. The summed E-state index contributed by atoms with van der Waals surface area (Å²) in [6, 6.07) is 2.09. The maximum absolute atomic E-state index is 4.21. The maximum Gasteiger partial charge on any atom is 0.0379 e. The molecule has 0 saturated heterocycles. The summed E-state index contributed by atoms with van der Waals surface area (Å²) in [6.07, 6.45) is 5.58. The molecule has 2 heterocycles. The molecule has 12 heavy (non-hydrogen) atoms. The summed E-state index contributed by atoms with van der Waals surface area (Å²) < 4.78 is 0. The van der Waals surface area contributed by atoms with Crippen molar-refractivity contribution in [1.82, 2.24) is 9.97 Å². The molecule has 2 heteroatoms. The summed E-state index contributed by atoms with van der Waals surface area (Å²) in [5, 5.41) is 2.36. The van der Waals surface area contributed by atoms with Gasteiger partial charge in [0.15, 0.2) is 0 Å². The van der Waals surface area contributed by atoms with Crippen LogP contribution in [0, 0.1) is 13.8 Å². The zero-order valence-electron chi connectivity index (χ0n) is 7.20. The number of aryl methyl sites for hydroxylation is 2. The molecule has 0 radical (unpaired) electrons. The van der Waals surface area contributed by atoms with Crippen LogP contribution in [0.1, 0.15) is 11.3 Å². The Hall–Kier alpha value is -1.44. The summed E-state index contributed by atoms with van der Waals surface area (Å²) in [5.41, 5.74) is 2.26. The fourth-order valence-electron chi connectivity index (χ4n) is 1.31. The minimum absolute atomic E-state index is 1.05. The average molecular weight is 158 g/mol. The highest BCUT2D eigenvalue weighted by atomic mass is 14.7. The second-order valence-corrected chi connectivity index (χ2v) is 3.00. The number of nitrogens with zero attached hydrogens (tertiary/aromatic N) is 2. The first-order chi connectivity index (χ1) is 5.77. The third kappa shape index (κ3) is 1.05. The smallest absolute Gasteiger partial charge is 0.0379 e. The van der Waals surface area contributed by atoms with Crippen molar-refractivity contribution in [3.8, 4) is 0 Å². The van der Waals surface area contributed by atoms with Gasteiger partial charge in [0, 0.05) is 29.7 Å². The zero-order valence-corrected chi connectivity index (χ0v) is 7.20. The highest BCUT2D eigenvalue weighted by Crippen LogP contribution is 2.15. The molecule has 0 saturated carbocycles. The normalized spacial score (nSPS) is 10.5. The molecule has 0 aliphatic rings. The van der Waals surface area contributed by atoms with Crippen LogP contribution < -0.4 is 0 Å². The molecule has 0 fully saturated rings. The molecular weight excluding hydrogens is 148 g/mol. The van der Waals surface area contributed by atoms with E-state index in [0.29, 0.717) is 0 Å². The van der Waals surface area contributed by atoms with Crippen LogP contribution in [0.3, 0.4) is 0 Å². The van der Waals surface area contributed by atoms with Gasteiger partial charge in [0.2, 0.25) is 0 Å². The molecule has 2 rings (SSSR count). The number of aromatic nitrogens is 2. The first-order valence-corrected chi connectivity index (χ1v) is 3.94. The molecule has 2 nitrogen and oxygen atoms in total. The number of hydrogen-bond donors (Lipinski definition) is 0. The highest BCUT2D eigenvalue weighted by Gasteiger charge is 1.96. The number of pyridine rings is 2. The van der Waals surface area contributed by atoms with E-state index in [-0.39, 0.29) is 0 Å². The summed E-state index contributed by atoms with van der Waals surface area (Å²) in [6.45, 7) is 4.06. The van der Waals surface area contributed by atoms with Gasteiger partial charge < -0.3 is 0 Å². The lowest BCUT2D eigenvalue weighted by atomic mass is 10.1. The van der Waals surface area contributed by atoms with E-state index in [1.807, 2.05) is 25.5 Å². The molecule has 0 atom stereocenters. The molecular formula is C10H10N2. The first kappa shape index (κ1) is 7.22. The molecule has 60 valence electrons. The Kier molecular flexibility index (Phi) is 1.54. The van der Waals surface area contributed by atoms with Gasteiger partial charge in [0.1, 0.15) is 0 Å². The summed E-state index contributed by atoms with van der Waals surface area (Å²) in [4.78, 5) is 8.31. The van der Waals surface area contributed by atoms with Gasteiger partial charge in [-0.05, 0) is 30.9 Å². The minimum Gasteiger partial charge on any atom is -0.264 e. The fraction of sp³-hybridized carbons (Fsp3) is 0.200. The van der Waals surface area contributed by atoms with Gasteiger partial charge in [0.05, 0.1) is 0 Å². The van der Waals surface area contributed by atoms with Crippen molar-refractivity contribution in [1.29, 1.82) is 0 Å². The summed E-state index contributed by atoms with van der Waals surface area (Å²) >= 11 is 0. The van der Waals surface area contributed by atoms with E-state index in [1.165, 1.54) is 10.9 Å². The molecule has 2 aromatic rings. The molecule has 2 aromatic heterocycles. The zero-order chi connectivity index (χ0) is 8.55. The Bertz CT molecular complexity index is 421. The van der Waals surface area contributed by atoms with Crippen LogP contribution in [0.2, 0.25) is 0 Å². The van der Waals surface area contributed by atoms with E-state index in [4.69, 9.17) is 0 Å². The molecule has 0 amide bonds. The van der Waals surface area contributed by atoms with Crippen LogP contribution in [-0.2, 0) is 0 Å². The molecule has 0 aliphatic heterocycles.